The Bertz CT molecular complexity index is 595. The lowest BCUT2D eigenvalue weighted by atomic mass is 10.1. The number of amides is 1. The van der Waals surface area contributed by atoms with Gasteiger partial charge in [-0.2, -0.15) is 0 Å². The molecule has 4 nitrogen and oxygen atoms in total. The van der Waals surface area contributed by atoms with Crippen LogP contribution in [0.5, 0.6) is 0 Å². The summed E-state index contributed by atoms with van der Waals surface area (Å²) in [7, 11) is -2.98. The van der Waals surface area contributed by atoms with Crippen LogP contribution in [-0.2, 0) is 9.84 Å². The minimum atomic E-state index is -2.98. The van der Waals surface area contributed by atoms with Crippen LogP contribution in [-0.4, -0.2) is 43.3 Å². The van der Waals surface area contributed by atoms with E-state index in [4.69, 9.17) is 0 Å². The van der Waals surface area contributed by atoms with Crippen LogP contribution in [0.2, 0.25) is 0 Å². The van der Waals surface area contributed by atoms with Crippen molar-refractivity contribution >= 4 is 15.7 Å². The van der Waals surface area contributed by atoms with E-state index in [1.54, 1.807) is 4.90 Å². The normalized spacial score (nSPS) is 20.8. The van der Waals surface area contributed by atoms with Gasteiger partial charge in [0.05, 0.1) is 11.5 Å². The summed E-state index contributed by atoms with van der Waals surface area (Å²) >= 11 is 0. The van der Waals surface area contributed by atoms with Crippen molar-refractivity contribution in [2.24, 2.45) is 0 Å². The Labute approximate surface area is 120 Å². The molecule has 110 valence electrons. The van der Waals surface area contributed by atoms with Gasteiger partial charge in [-0.05, 0) is 31.4 Å². The molecule has 0 bridgehead atoms. The van der Waals surface area contributed by atoms with Gasteiger partial charge in [0.2, 0.25) is 0 Å². The first kappa shape index (κ1) is 15.0. The van der Waals surface area contributed by atoms with Crippen molar-refractivity contribution in [1.29, 1.82) is 0 Å². The molecule has 5 heteroatoms. The summed E-state index contributed by atoms with van der Waals surface area (Å²) < 4.78 is 23.3. The molecular formula is C15H21NO3S. The van der Waals surface area contributed by atoms with Gasteiger partial charge >= 0.3 is 0 Å². The number of nitrogens with zero attached hydrogens (tertiary/aromatic N) is 1. The van der Waals surface area contributed by atoms with Crippen LogP contribution in [0.25, 0.3) is 0 Å². The Kier molecular flexibility index (Phi) is 4.48. The topological polar surface area (TPSA) is 54.5 Å². The number of aryl methyl sites for hydroxylation is 1. The van der Waals surface area contributed by atoms with Gasteiger partial charge in [0, 0.05) is 18.2 Å². The molecule has 1 unspecified atom stereocenters. The largest absolute Gasteiger partial charge is 0.335 e. The van der Waals surface area contributed by atoms with Crippen molar-refractivity contribution in [3.05, 3.63) is 35.4 Å². The summed E-state index contributed by atoms with van der Waals surface area (Å²) in [6.07, 6.45) is 1.38. The highest BCUT2D eigenvalue weighted by atomic mass is 32.2. The molecule has 0 aromatic heterocycles. The Morgan fingerprint density at radius 1 is 1.35 bits per heavy atom. The van der Waals surface area contributed by atoms with E-state index >= 15 is 0 Å². The zero-order valence-electron chi connectivity index (χ0n) is 12.0. The van der Waals surface area contributed by atoms with E-state index in [0.717, 1.165) is 12.0 Å². The minimum absolute atomic E-state index is 0.0490. The molecule has 20 heavy (non-hydrogen) atoms. The number of carbonyl (C=O) groups is 1. The minimum Gasteiger partial charge on any atom is -0.335 e. The Balaban J connectivity index is 2.25. The molecule has 1 aromatic rings. The van der Waals surface area contributed by atoms with Gasteiger partial charge in [0.25, 0.3) is 5.91 Å². The van der Waals surface area contributed by atoms with Gasteiger partial charge in [-0.1, -0.05) is 25.1 Å². The van der Waals surface area contributed by atoms with Gasteiger partial charge in [-0.3, -0.25) is 4.79 Å². The number of benzene rings is 1. The average molecular weight is 295 g/mol. The molecule has 1 atom stereocenters. The summed E-state index contributed by atoms with van der Waals surface area (Å²) in [6.45, 7) is 4.51. The zero-order chi connectivity index (χ0) is 14.8. The summed E-state index contributed by atoms with van der Waals surface area (Å²) in [4.78, 5) is 14.4. The molecule has 0 saturated carbocycles. The predicted octanol–water partition coefficient (Wildman–Crippen LogP) is 2.03. The molecule has 1 amide bonds. The Morgan fingerprint density at radius 2 is 2.05 bits per heavy atom. The Morgan fingerprint density at radius 3 is 2.60 bits per heavy atom. The molecule has 1 saturated heterocycles. The van der Waals surface area contributed by atoms with Crippen LogP contribution < -0.4 is 0 Å². The highest BCUT2D eigenvalue weighted by molar-refractivity contribution is 7.91. The number of sulfone groups is 1. The number of rotatable bonds is 4. The molecule has 0 N–H and O–H groups in total. The van der Waals surface area contributed by atoms with Gasteiger partial charge in [0.1, 0.15) is 0 Å². The lowest BCUT2D eigenvalue weighted by Crippen LogP contribution is -2.41. The summed E-state index contributed by atoms with van der Waals surface area (Å²) in [6, 6.07) is 7.28. The summed E-state index contributed by atoms with van der Waals surface area (Å²) in [5, 5.41) is 0. The standard InChI is InChI=1S/C15H21NO3S/c1-3-9-16(13-8-10-20(18,19)11-13)15(17)14-7-5-4-6-12(14)2/h4-7,13H,3,8-11H2,1-2H3. The summed E-state index contributed by atoms with van der Waals surface area (Å²) in [5.41, 5.74) is 1.60. The molecule has 1 aliphatic rings. The van der Waals surface area contributed by atoms with Crippen molar-refractivity contribution in [3.63, 3.8) is 0 Å². The second-order valence-corrected chi connectivity index (χ2v) is 7.60. The van der Waals surface area contributed by atoms with E-state index in [0.29, 0.717) is 18.5 Å². The smallest absolute Gasteiger partial charge is 0.254 e. The molecule has 1 heterocycles. The maximum Gasteiger partial charge on any atom is 0.254 e. The van der Waals surface area contributed by atoms with Crippen molar-refractivity contribution in [2.75, 3.05) is 18.1 Å². The quantitative estimate of drug-likeness (QED) is 0.854. The molecular weight excluding hydrogens is 274 g/mol. The maximum atomic E-state index is 12.7. The fraction of sp³-hybridized carbons (Fsp3) is 0.533. The number of hydrogen-bond acceptors (Lipinski definition) is 3. The molecule has 1 fully saturated rings. The van der Waals surface area contributed by atoms with Crippen LogP contribution in [0.1, 0.15) is 35.7 Å². The van der Waals surface area contributed by atoms with Gasteiger partial charge < -0.3 is 4.90 Å². The first-order valence-electron chi connectivity index (χ1n) is 7.01. The molecule has 0 radical (unpaired) electrons. The van der Waals surface area contributed by atoms with Gasteiger partial charge in [-0.15, -0.1) is 0 Å². The van der Waals surface area contributed by atoms with Crippen LogP contribution in [0.15, 0.2) is 24.3 Å². The molecule has 0 spiro atoms. The van der Waals surface area contributed by atoms with Crippen molar-refractivity contribution < 1.29 is 13.2 Å². The first-order valence-corrected chi connectivity index (χ1v) is 8.84. The predicted molar refractivity (Wildman–Crippen MR) is 79.6 cm³/mol. The fourth-order valence-corrected chi connectivity index (χ4v) is 4.41. The van der Waals surface area contributed by atoms with Crippen LogP contribution >= 0.6 is 0 Å². The van der Waals surface area contributed by atoms with E-state index in [1.165, 1.54) is 0 Å². The number of hydrogen-bond donors (Lipinski definition) is 0. The highest BCUT2D eigenvalue weighted by Gasteiger charge is 2.34. The van der Waals surface area contributed by atoms with Crippen LogP contribution in [0, 0.1) is 6.92 Å². The molecule has 1 aliphatic heterocycles. The third-order valence-corrected chi connectivity index (χ3v) is 5.50. The zero-order valence-corrected chi connectivity index (χ0v) is 12.8. The second kappa shape index (κ2) is 5.95. The van der Waals surface area contributed by atoms with Gasteiger partial charge in [-0.25, -0.2) is 8.42 Å². The SMILES string of the molecule is CCCN(C(=O)c1ccccc1C)C1CCS(=O)(=O)C1. The van der Waals surface area contributed by atoms with Crippen molar-refractivity contribution in [3.8, 4) is 0 Å². The van der Waals surface area contributed by atoms with Crippen molar-refractivity contribution in [1.82, 2.24) is 4.90 Å². The van der Waals surface area contributed by atoms with Gasteiger partial charge in [0.15, 0.2) is 9.84 Å². The van der Waals surface area contributed by atoms with E-state index in [-0.39, 0.29) is 23.5 Å². The summed E-state index contributed by atoms with van der Waals surface area (Å²) in [5.74, 6) is 0.246. The van der Waals surface area contributed by atoms with Crippen LogP contribution in [0.3, 0.4) is 0 Å². The third kappa shape index (κ3) is 3.20. The Hall–Kier alpha value is -1.36. The van der Waals surface area contributed by atoms with Crippen molar-refractivity contribution in [2.45, 2.75) is 32.7 Å². The molecule has 2 rings (SSSR count). The highest BCUT2D eigenvalue weighted by Crippen LogP contribution is 2.21. The van der Waals surface area contributed by atoms with E-state index < -0.39 is 9.84 Å². The average Bonchev–Trinajstić information content (AvgIpc) is 2.76. The molecule has 0 aliphatic carbocycles. The fourth-order valence-electron chi connectivity index (χ4n) is 2.68. The first-order chi connectivity index (χ1) is 9.44. The third-order valence-electron chi connectivity index (χ3n) is 3.75. The lowest BCUT2D eigenvalue weighted by Gasteiger charge is -2.28. The number of carbonyl (C=O) groups excluding carboxylic acids is 1. The molecule has 1 aromatic carbocycles. The van der Waals surface area contributed by atoms with E-state index in [9.17, 15) is 13.2 Å². The van der Waals surface area contributed by atoms with Crippen LogP contribution in [0.4, 0.5) is 0 Å². The maximum absolute atomic E-state index is 12.7. The van der Waals surface area contributed by atoms with E-state index in [2.05, 4.69) is 0 Å². The van der Waals surface area contributed by atoms with E-state index in [1.807, 2.05) is 38.1 Å². The monoisotopic (exact) mass is 295 g/mol. The lowest BCUT2D eigenvalue weighted by molar-refractivity contribution is 0.0696. The second-order valence-electron chi connectivity index (χ2n) is 5.37.